The Hall–Kier alpha value is -1.57. The minimum absolute atomic E-state index is 0.904. The summed E-state index contributed by atoms with van der Waals surface area (Å²) in [6, 6.07) is 8.48. The van der Waals surface area contributed by atoms with Crippen LogP contribution in [0, 0.1) is 13.3 Å². The summed E-state index contributed by atoms with van der Waals surface area (Å²) in [7, 11) is 0. The highest BCUT2D eigenvalue weighted by Crippen LogP contribution is 2.12. The van der Waals surface area contributed by atoms with Crippen LogP contribution in [0.15, 0.2) is 36.7 Å². The summed E-state index contributed by atoms with van der Waals surface area (Å²) in [5.74, 6) is 1.08. The van der Waals surface area contributed by atoms with Gasteiger partial charge in [-0.2, -0.15) is 0 Å². The van der Waals surface area contributed by atoms with Crippen LogP contribution in [0.2, 0.25) is 0 Å². The molecule has 1 radical (unpaired) electrons. The van der Waals surface area contributed by atoms with Crippen LogP contribution in [0.25, 0.3) is 5.69 Å². The first-order chi connectivity index (χ1) is 7.31. The van der Waals surface area contributed by atoms with Gasteiger partial charge < -0.3 is 4.57 Å². The van der Waals surface area contributed by atoms with Gasteiger partial charge >= 0.3 is 0 Å². The van der Waals surface area contributed by atoms with Gasteiger partial charge in [0.15, 0.2) is 0 Å². The van der Waals surface area contributed by atoms with E-state index in [-0.39, 0.29) is 0 Å². The van der Waals surface area contributed by atoms with E-state index in [9.17, 15) is 0 Å². The third-order valence-corrected chi connectivity index (χ3v) is 2.42. The first-order valence-corrected chi connectivity index (χ1v) is 5.18. The second-order valence-electron chi connectivity index (χ2n) is 3.66. The SMILES string of the molecule is C[CH]Cc1nccn1-c1ccc(C)cc1. The molecule has 0 atom stereocenters. The van der Waals surface area contributed by atoms with Crippen molar-refractivity contribution in [3.05, 3.63) is 54.5 Å². The number of benzene rings is 1. The lowest BCUT2D eigenvalue weighted by Crippen LogP contribution is -2.00. The zero-order chi connectivity index (χ0) is 10.7. The Morgan fingerprint density at radius 1 is 1.27 bits per heavy atom. The summed E-state index contributed by atoms with van der Waals surface area (Å²) in [4.78, 5) is 4.34. The largest absolute Gasteiger partial charge is 0.304 e. The smallest absolute Gasteiger partial charge is 0.113 e. The Morgan fingerprint density at radius 2 is 2.00 bits per heavy atom. The zero-order valence-electron chi connectivity index (χ0n) is 9.14. The van der Waals surface area contributed by atoms with E-state index in [2.05, 4.69) is 47.2 Å². The topological polar surface area (TPSA) is 17.8 Å². The molecule has 2 aromatic rings. The second kappa shape index (κ2) is 4.30. The first-order valence-electron chi connectivity index (χ1n) is 5.18. The van der Waals surface area contributed by atoms with Crippen molar-refractivity contribution in [2.75, 3.05) is 0 Å². The summed E-state index contributed by atoms with van der Waals surface area (Å²) < 4.78 is 2.12. The molecule has 0 saturated heterocycles. The first kappa shape index (κ1) is 9.97. The van der Waals surface area contributed by atoms with Crippen LogP contribution in [0.1, 0.15) is 18.3 Å². The molecule has 0 N–H and O–H groups in total. The molecule has 15 heavy (non-hydrogen) atoms. The van der Waals surface area contributed by atoms with E-state index in [1.807, 2.05) is 19.3 Å². The fourth-order valence-electron chi connectivity index (χ4n) is 1.61. The molecule has 2 nitrogen and oxygen atoms in total. The van der Waals surface area contributed by atoms with Crippen molar-refractivity contribution in [3.8, 4) is 5.69 Å². The van der Waals surface area contributed by atoms with E-state index in [1.54, 1.807) is 0 Å². The highest BCUT2D eigenvalue weighted by molar-refractivity contribution is 5.35. The molecule has 1 aromatic heterocycles. The lowest BCUT2D eigenvalue weighted by molar-refractivity contribution is 0.899. The van der Waals surface area contributed by atoms with E-state index >= 15 is 0 Å². The molecule has 2 rings (SSSR count). The summed E-state index contributed by atoms with van der Waals surface area (Å²) in [6.45, 7) is 4.15. The van der Waals surface area contributed by atoms with Crippen LogP contribution in [0.5, 0.6) is 0 Å². The van der Waals surface area contributed by atoms with Gasteiger partial charge in [-0.05, 0) is 25.5 Å². The Morgan fingerprint density at radius 3 is 2.67 bits per heavy atom. The molecule has 2 heteroatoms. The van der Waals surface area contributed by atoms with Crippen molar-refractivity contribution >= 4 is 0 Å². The van der Waals surface area contributed by atoms with Crippen molar-refractivity contribution < 1.29 is 0 Å². The van der Waals surface area contributed by atoms with Crippen molar-refractivity contribution in [1.29, 1.82) is 0 Å². The lowest BCUT2D eigenvalue weighted by Gasteiger charge is -2.06. The molecule has 1 aromatic carbocycles. The minimum atomic E-state index is 0.904. The highest BCUT2D eigenvalue weighted by atomic mass is 15.1. The van der Waals surface area contributed by atoms with Gasteiger partial charge in [-0.15, -0.1) is 0 Å². The summed E-state index contributed by atoms with van der Waals surface area (Å²) in [6.07, 6.45) is 6.87. The molecule has 0 spiro atoms. The Kier molecular flexibility index (Phi) is 2.86. The maximum absolute atomic E-state index is 4.34. The van der Waals surface area contributed by atoms with Gasteiger partial charge in [0.25, 0.3) is 0 Å². The average Bonchev–Trinajstić information content (AvgIpc) is 2.68. The Balaban J connectivity index is 2.36. The number of rotatable bonds is 3. The molecule has 0 unspecified atom stereocenters. The van der Waals surface area contributed by atoms with Crippen LogP contribution in [-0.4, -0.2) is 9.55 Å². The standard InChI is InChI=1S/C13H15N2/c1-3-4-13-14-9-10-15(13)12-7-5-11(2)6-8-12/h3,5-10H,4H2,1-2H3. The minimum Gasteiger partial charge on any atom is -0.304 e. The van der Waals surface area contributed by atoms with Crippen molar-refractivity contribution in [3.63, 3.8) is 0 Å². The highest BCUT2D eigenvalue weighted by Gasteiger charge is 2.02. The molecule has 0 saturated carbocycles. The van der Waals surface area contributed by atoms with Crippen LogP contribution >= 0.6 is 0 Å². The third kappa shape index (κ3) is 2.09. The van der Waals surface area contributed by atoms with Gasteiger partial charge in [0.2, 0.25) is 0 Å². The summed E-state index contributed by atoms with van der Waals surface area (Å²) in [5, 5.41) is 0. The molecule has 0 aliphatic carbocycles. The Labute approximate surface area is 90.6 Å². The average molecular weight is 199 g/mol. The van der Waals surface area contributed by atoms with Crippen LogP contribution in [0.3, 0.4) is 0 Å². The van der Waals surface area contributed by atoms with Gasteiger partial charge in [-0.3, -0.25) is 0 Å². The van der Waals surface area contributed by atoms with Crippen molar-refractivity contribution in [1.82, 2.24) is 9.55 Å². The monoisotopic (exact) mass is 199 g/mol. The predicted molar refractivity (Wildman–Crippen MR) is 62.0 cm³/mol. The zero-order valence-corrected chi connectivity index (χ0v) is 9.14. The van der Waals surface area contributed by atoms with Gasteiger partial charge in [-0.1, -0.05) is 24.6 Å². The van der Waals surface area contributed by atoms with Crippen LogP contribution < -0.4 is 0 Å². The maximum Gasteiger partial charge on any atom is 0.113 e. The molecule has 1 heterocycles. The molecular weight excluding hydrogens is 184 g/mol. The van der Waals surface area contributed by atoms with E-state index in [1.165, 1.54) is 11.3 Å². The number of hydrogen-bond donors (Lipinski definition) is 0. The number of hydrogen-bond acceptors (Lipinski definition) is 1. The van der Waals surface area contributed by atoms with Gasteiger partial charge in [0.05, 0.1) is 0 Å². The summed E-state index contributed by atoms with van der Waals surface area (Å²) in [5.41, 5.74) is 2.46. The lowest BCUT2D eigenvalue weighted by atomic mass is 10.2. The molecule has 0 bridgehead atoms. The maximum atomic E-state index is 4.34. The molecule has 0 amide bonds. The van der Waals surface area contributed by atoms with E-state index in [0.29, 0.717) is 0 Å². The fraction of sp³-hybridized carbons (Fsp3) is 0.231. The second-order valence-corrected chi connectivity index (χ2v) is 3.66. The van der Waals surface area contributed by atoms with Crippen molar-refractivity contribution in [2.45, 2.75) is 20.3 Å². The number of aryl methyl sites for hydroxylation is 1. The molecule has 77 valence electrons. The van der Waals surface area contributed by atoms with Crippen LogP contribution in [-0.2, 0) is 6.42 Å². The molecule has 0 fully saturated rings. The quantitative estimate of drug-likeness (QED) is 0.743. The van der Waals surface area contributed by atoms with Gasteiger partial charge in [0.1, 0.15) is 5.82 Å². The number of nitrogens with zero attached hydrogens (tertiary/aromatic N) is 2. The van der Waals surface area contributed by atoms with Crippen LogP contribution in [0.4, 0.5) is 0 Å². The number of imidazole rings is 1. The van der Waals surface area contributed by atoms with E-state index < -0.39 is 0 Å². The molecule has 0 aliphatic heterocycles. The van der Waals surface area contributed by atoms with Gasteiger partial charge in [-0.25, -0.2) is 4.98 Å². The summed E-state index contributed by atoms with van der Waals surface area (Å²) >= 11 is 0. The molecular formula is C13H15N2. The van der Waals surface area contributed by atoms with E-state index in [4.69, 9.17) is 0 Å². The van der Waals surface area contributed by atoms with E-state index in [0.717, 1.165) is 12.2 Å². The normalized spacial score (nSPS) is 10.5. The fourth-order valence-corrected chi connectivity index (χ4v) is 1.61. The predicted octanol–water partition coefficient (Wildman–Crippen LogP) is 2.95. The molecule has 0 aliphatic rings. The Bertz CT molecular complexity index is 426. The third-order valence-electron chi connectivity index (χ3n) is 2.42. The number of aromatic nitrogens is 2. The van der Waals surface area contributed by atoms with Crippen molar-refractivity contribution in [2.24, 2.45) is 0 Å². The van der Waals surface area contributed by atoms with Gasteiger partial charge in [0, 0.05) is 24.5 Å².